The standard InChI is InChI=1S/C22H18ClN3OS/c1-2-26-14-15(18-5-3-4-6-20(18)26)13-24-22-19(11-12-28-22)21(27)25-17-9-7-16(23)8-10-17/h3-14H,2H2,1H3,(H,25,27)/b24-13+. The number of amides is 1. The summed E-state index contributed by atoms with van der Waals surface area (Å²) in [4.78, 5) is 17.2. The van der Waals surface area contributed by atoms with Crippen molar-refractivity contribution >= 4 is 56.7 Å². The van der Waals surface area contributed by atoms with Crippen molar-refractivity contribution in [3.8, 4) is 0 Å². The largest absolute Gasteiger partial charge is 0.347 e. The predicted octanol–water partition coefficient (Wildman–Crippen LogP) is 6.38. The summed E-state index contributed by atoms with van der Waals surface area (Å²) in [6.07, 6.45) is 3.93. The average molecular weight is 408 g/mol. The van der Waals surface area contributed by atoms with Gasteiger partial charge in [0.2, 0.25) is 0 Å². The molecule has 2 aromatic carbocycles. The van der Waals surface area contributed by atoms with Crippen LogP contribution in [0.2, 0.25) is 5.02 Å². The van der Waals surface area contributed by atoms with E-state index in [1.54, 1.807) is 30.3 Å². The molecule has 0 bridgehead atoms. The monoisotopic (exact) mass is 407 g/mol. The number of halogens is 1. The summed E-state index contributed by atoms with van der Waals surface area (Å²) >= 11 is 7.34. The maximum atomic E-state index is 12.6. The number of para-hydroxylation sites is 1. The summed E-state index contributed by atoms with van der Waals surface area (Å²) in [6.45, 7) is 3.01. The van der Waals surface area contributed by atoms with Crippen LogP contribution >= 0.6 is 22.9 Å². The van der Waals surface area contributed by atoms with Crippen LogP contribution in [0.1, 0.15) is 22.8 Å². The number of anilines is 1. The first-order chi connectivity index (χ1) is 13.7. The molecule has 0 unspecified atom stereocenters. The number of nitrogens with one attached hydrogen (secondary N) is 1. The molecular formula is C22H18ClN3OS. The van der Waals surface area contributed by atoms with E-state index in [1.807, 2.05) is 23.7 Å². The number of rotatable bonds is 5. The summed E-state index contributed by atoms with van der Waals surface area (Å²) in [5, 5.41) is 7.22. The fraction of sp³-hybridized carbons (Fsp3) is 0.0909. The minimum absolute atomic E-state index is 0.188. The molecule has 1 N–H and O–H groups in total. The third-order valence-electron chi connectivity index (χ3n) is 4.47. The second kappa shape index (κ2) is 8.00. The number of aromatic nitrogens is 1. The van der Waals surface area contributed by atoms with Gasteiger partial charge in [-0.15, -0.1) is 11.3 Å². The van der Waals surface area contributed by atoms with E-state index in [0.29, 0.717) is 21.3 Å². The number of carbonyl (C=O) groups is 1. The Balaban J connectivity index is 1.59. The van der Waals surface area contributed by atoms with E-state index in [-0.39, 0.29) is 5.91 Å². The number of aliphatic imine (C=N–C) groups is 1. The van der Waals surface area contributed by atoms with Gasteiger partial charge >= 0.3 is 0 Å². The molecule has 28 heavy (non-hydrogen) atoms. The van der Waals surface area contributed by atoms with Gasteiger partial charge in [0.1, 0.15) is 5.00 Å². The van der Waals surface area contributed by atoms with Crippen LogP contribution in [-0.2, 0) is 6.54 Å². The number of nitrogens with zero attached hydrogens (tertiary/aromatic N) is 2. The van der Waals surface area contributed by atoms with Crippen LogP contribution in [0, 0.1) is 0 Å². The molecule has 2 heterocycles. The molecule has 4 rings (SSSR count). The zero-order valence-corrected chi connectivity index (χ0v) is 16.8. The lowest BCUT2D eigenvalue weighted by Crippen LogP contribution is -2.10. The highest BCUT2D eigenvalue weighted by Gasteiger charge is 2.13. The van der Waals surface area contributed by atoms with Gasteiger partial charge in [-0.2, -0.15) is 0 Å². The molecule has 0 aliphatic rings. The van der Waals surface area contributed by atoms with Gasteiger partial charge in [0, 0.05) is 46.1 Å². The van der Waals surface area contributed by atoms with Crippen molar-refractivity contribution in [2.45, 2.75) is 13.5 Å². The molecule has 2 aromatic heterocycles. The van der Waals surface area contributed by atoms with Gasteiger partial charge in [0.05, 0.1) is 5.56 Å². The van der Waals surface area contributed by atoms with Crippen LogP contribution in [-0.4, -0.2) is 16.7 Å². The summed E-state index contributed by atoms with van der Waals surface area (Å²) in [7, 11) is 0. The van der Waals surface area contributed by atoms with Gasteiger partial charge in [-0.05, 0) is 48.7 Å². The summed E-state index contributed by atoms with van der Waals surface area (Å²) < 4.78 is 2.19. The van der Waals surface area contributed by atoms with Crippen molar-refractivity contribution < 1.29 is 4.79 Å². The highest BCUT2D eigenvalue weighted by molar-refractivity contribution is 7.14. The lowest BCUT2D eigenvalue weighted by molar-refractivity contribution is 0.102. The van der Waals surface area contributed by atoms with E-state index >= 15 is 0 Å². The quantitative estimate of drug-likeness (QED) is 0.383. The van der Waals surface area contributed by atoms with Crippen LogP contribution in [0.25, 0.3) is 10.9 Å². The lowest BCUT2D eigenvalue weighted by Gasteiger charge is -2.04. The fourth-order valence-corrected chi connectivity index (χ4v) is 3.93. The molecule has 1 amide bonds. The van der Waals surface area contributed by atoms with Crippen LogP contribution in [0.3, 0.4) is 0 Å². The van der Waals surface area contributed by atoms with Gasteiger partial charge in [0.25, 0.3) is 5.91 Å². The van der Waals surface area contributed by atoms with E-state index in [4.69, 9.17) is 11.6 Å². The van der Waals surface area contributed by atoms with Crippen LogP contribution < -0.4 is 5.32 Å². The molecule has 0 radical (unpaired) electrons. The highest BCUT2D eigenvalue weighted by Crippen LogP contribution is 2.28. The van der Waals surface area contributed by atoms with Gasteiger partial charge in [-0.3, -0.25) is 4.79 Å². The Morgan fingerprint density at radius 3 is 2.75 bits per heavy atom. The van der Waals surface area contributed by atoms with Crippen molar-refractivity contribution in [2.24, 2.45) is 4.99 Å². The Labute approximate surface area is 172 Å². The van der Waals surface area contributed by atoms with Gasteiger partial charge in [0.15, 0.2) is 0 Å². The molecule has 0 atom stereocenters. The summed E-state index contributed by atoms with van der Waals surface area (Å²) in [6, 6.07) is 17.1. The van der Waals surface area contributed by atoms with E-state index < -0.39 is 0 Å². The van der Waals surface area contributed by atoms with Gasteiger partial charge in [-0.1, -0.05) is 29.8 Å². The van der Waals surface area contributed by atoms with E-state index in [2.05, 4.69) is 40.1 Å². The highest BCUT2D eigenvalue weighted by atomic mass is 35.5. The van der Waals surface area contributed by atoms with Gasteiger partial charge < -0.3 is 9.88 Å². The fourth-order valence-electron chi connectivity index (χ4n) is 3.07. The second-order valence-electron chi connectivity index (χ2n) is 6.25. The molecule has 4 aromatic rings. The Hall–Kier alpha value is -2.89. The molecule has 140 valence electrons. The van der Waals surface area contributed by atoms with E-state index in [1.165, 1.54) is 16.9 Å². The maximum absolute atomic E-state index is 12.6. The molecule has 0 saturated heterocycles. The first-order valence-electron chi connectivity index (χ1n) is 8.92. The van der Waals surface area contributed by atoms with E-state index in [0.717, 1.165) is 17.5 Å². The number of hydrogen-bond acceptors (Lipinski definition) is 3. The van der Waals surface area contributed by atoms with Crippen molar-refractivity contribution in [2.75, 3.05) is 5.32 Å². The number of thiophene rings is 1. The molecule has 0 aliphatic carbocycles. The normalized spacial score (nSPS) is 11.4. The maximum Gasteiger partial charge on any atom is 0.258 e. The predicted molar refractivity (Wildman–Crippen MR) is 119 cm³/mol. The topological polar surface area (TPSA) is 46.4 Å². The summed E-state index contributed by atoms with van der Waals surface area (Å²) in [5.41, 5.74) is 3.46. The molecular weight excluding hydrogens is 390 g/mol. The third kappa shape index (κ3) is 3.72. The lowest BCUT2D eigenvalue weighted by atomic mass is 10.2. The molecule has 6 heteroatoms. The minimum Gasteiger partial charge on any atom is -0.347 e. The zero-order valence-electron chi connectivity index (χ0n) is 15.2. The van der Waals surface area contributed by atoms with E-state index in [9.17, 15) is 4.79 Å². The average Bonchev–Trinajstić information content (AvgIpc) is 3.32. The van der Waals surface area contributed by atoms with Crippen molar-refractivity contribution in [1.82, 2.24) is 4.57 Å². The number of carbonyl (C=O) groups excluding carboxylic acids is 1. The van der Waals surface area contributed by atoms with Gasteiger partial charge in [-0.25, -0.2) is 4.99 Å². The zero-order chi connectivity index (χ0) is 19.5. The number of hydrogen-bond donors (Lipinski definition) is 1. The SMILES string of the molecule is CCn1cc(/C=N/c2sccc2C(=O)Nc2ccc(Cl)cc2)c2ccccc21. The van der Waals surface area contributed by atoms with Crippen LogP contribution in [0.5, 0.6) is 0 Å². The second-order valence-corrected chi connectivity index (χ2v) is 7.58. The molecule has 4 nitrogen and oxygen atoms in total. The Kier molecular flexibility index (Phi) is 5.28. The molecule has 0 spiro atoms. The number of aryl methyl sites for hydroxylation is 1. The minimum atomic E-state index is -0.188. The van der Waals surface area contributed by atoms with Crippen molar-refractivity contribution in [3.63, 3.8) is 0 Å². The first kappa shape index (κ1) is 18.5. The summed E-state index contributed by atoms with van der Waals surface area (Å²) in [5.74, 6) is -0.188. The van der Waals surface area contributed by atoms with Crippen molar-refractivity contribution in [1.29, 1.82) is 0 Å². The number of fused-ring (bicyclic) bond motifs is 1. The molecule has 0 fully saturated rings. The molecule has 0 aliphatic heterocycles. The third-order valence-corrected chi connectivity index (χ3v) is 5.55. The number of benzene rings is 2. The van der Waals surface area contributed by atoms with Crippen LogP contribution in [0.4, 0.5) is 10.7 Å². The van der Waals surface area contributed by atoms with Crippen molar-refractivity contribution in [3.05, 3.63) is 82.3 Å². The first-order valence-corrected chi connectivity index (χ1v) is 10.2. The Morgan fingerprint density at radius 1 is 1.18 bits per heavy atom. The Morgan fingerprint density at radius 2 is 1.96 bits per heavy atom. The molecule has 0 saturated carbocycles. The Bertz CT molecular complexity index is 1160. The van der Waals surface area contributed by atoms with Crippen LogP contribution in [0.15, 0.2) is 71.2 Å². The smallest absolute Gasteiger partial charge is 0.258 e.